The predicted octanol–water partition coefficient (Wildman–Crippen LogP) is 2.33. The minimum absolute atomic E-state index is 0.0468. The molecule has 0 fully saturated rings. The average molecular weight is 264 g/mol. The van der Waals surface area contributed by atoms with Crippen molar-refractivity contribution in [3.05, 3.63) is 29.8 Å². The molecule has 0 radical (unpaired) electrons. The van der Waals surface area contributed by atoms with Crippen LogP contribution < -0.4 is 11.1 Å². The van der Waals surface area contributed by atoms with Gasteiger partial charge in [0.1, 0.15) is 0 Å². The molecular formula is C15H24N2O2. The Balaban J connectivity index is 2.48. The third kappa shape index (κ3) is 6.36. The largest absolute Gasteiger partial charge is 0.384 e. The summed E-state index contributed by atoms with van der Waals surface area (Å²) in [5.41, 5.74) is 7.65. The van der Waals surface area contributed by atoms with E-state index >= 15 is 0 Å². The lowest BCUT2D eigenvalue weighted by molar-refractivity contribution is -0.116. The third-order valence-electron chi connectivity index (χ3n) is 2.93. The topological polar surface area (TPSA) is 64.3 Å². The van der Waals surface area contributed by atoms with Gasteiger partial charge in [0.2, 0.25) is 5.91 Å². The van der Waals surface area contributed by atoms with Crippen molar-refractivity contribution < 1.29 is 9.53 Å². The van der Waals surface area contributed by atoms with Gasteiger partial charge in [-0.3, -0.25) is 4.79 Å². The second-order valence-corrected chi connectivity index (χ2v) is 4.82. The lowest BCUT2D eigenvalue weighted by Gasteiger charge is -2.11. The summed E-state index contributed by atoms with van der Waals surface area (Å²) < 4.78 is 5.07. The highest BCUT2D eigenvalue weighted by molar-refractivity contribution is 5.91. The van der Waals surface area contributed by atoms with Gasteiger partial charge in [-0.05, 0) is 37.8 Å². The van der Waals surface area contributed by atoms with Crippen LogP contribution in [0.1, 0.15) is 31.7 Å². The first kappa shape index (κ1) is 15.7. The molecule has 0 aliphatic carbocycles. The first-order valence-corrected chi connectivity index (χ1v) is 6.75. The van der Waals surface area contributed by atoms with Crippen LogP contribution >= 0.6 is 0 Å². The fourth-order valence-corrected chi connectivity index (χ4v) is 1.87. The first-order chi connectivity index (χ1) is 9.13. The molecule has 19 heavy (non-hydrogen) atoms. The second kappa shape index (κ2) is 8.67. The van der Waals surface area contributed by atoms with Crippen LogP contribution in [0.4, 0.5) is 5.69 Å². The van der Waals surface area contributed by atoms with Gasteiger partial charge in [-0.25, -0.2) is 0 Å². The van der Waals surface area contributed by atoms with E-state index in [1.165, 1.54) is 0 Å². The highest BCUT2D eigenvalue weighted by Gasteiger charge is 2.06. The van der Waals surface area contributed by atoms with Crippen LogP contribution in [0.5, 0.6) is 0 Å². The molecule has 0 saturated heterocycles. The molecular weight excluding hydrogens is 240 g/mol. The van der Waals surface area contributed by atoms with E-state index in [1.807, 2.05) is 31.2 Å². The van der Waals surface area contributed by atoms with Gasteiger partial charge < -0.3 is 15.8 Å². The highest BCUT2D eigenvalue weighted by Crippen LogP contribution is 2.16. The van der Waals surface area contributed by atoms with E-state index in [-0.39, 0.29) is 11.9 Å². The summed E-state index contributed by atoms with van der Waals surface area (Å²) in [6.07, 6.45) is 3.01. The number of hydrogen-bond acceptors (Lipinski definition) is 3. The van der Waals surface area contributed by atoms with Crippen molar-refractivity contribution in [1.82, 2.24) is 0 Å². The highest BCUT2D eigenvalue weighted by atomic mass is 16.5. The summed E-state index contributed by atoms with van der Waals surface area (Å²) >= 11 is 0. The molecule has 4 heteroatoms. The van der Waals surface area contributed by atoms with Gasteiger partial charge in [-0.15, -0.1) is 0 Å². The van der Waals surface area contributed by atoms with Crippen molar-refractivity contribution in [3.63, 3.8) is 0 Å². The fourth-order valence-electron chi connectivity index (χ4n) is 1.87. The summed E-state index contributed by atoms with van der Waals surface area (Å²) in [6.45, 7) is 2.61. The van der Waals surface area contributed by atoms with Crippen LogP contribution in [-0.4, -0.2) is 25.7 Å². The Morgan fingerprint density at radius 2 is 2.16 bits per heavy atom. The zero-order valence-electron chi connectivity index (χ0n) is 11.8. The summed E-state index contributed by atoms with van der Waals surface area (Å²) in [4.78, 5) is 11.8. The summed E-state index contributed by atoms with van der Waals surface area (Å²) in [6, 6.07) is 7.98. The Morgan fingerprint density at radius 3 is 2.84 bits per heavy atom. The lowest BCUT2D eigenvalue weighted by atomic mass is 10.1. The van der Waals surface area contributed by atoms with Gasteiger partial charge in [0.15, 0.2) is 0 Å². The van der Waals surface area contributed by atoms with Crippen LogP contribution in [0.2, 0.25) is 0 Å². The molecule has 1 aromatic rings. The van der Waals surface area contributed by atoms with E-state index in [0.717, 1.165) is 30.5 Å². The number of carbonyl (C=O) groups excluding carboxylic acids is 1. The maximum atomic E-state index is 11.8. The number of ether oxygens (including phenoxy) is 1. The van der Waals surface area contributed by atoms with Gasteiger partial charge in [0.05, 0.1) is 6.61 Å². The smallest absolute Gasteiger partial charge is 0.224 e. The molecule has 4 nitrogen and oxygen atoms in total. The molecule has 1 aromatic carbocycles. The minimum Gasteiger partial charge on any atom is -0.384 e. The Labute approximate surface area is 115 Å². The van der Waals surface area contributed by atoms with E-state index in [4.69, 9.17) is 10.5 Å². The maximum absolute atomic E-state index is 11.8. The SMILES string of the molecule is COCCc1ccccc1NC(=O)CCCC(C)N. The number of nitrogens with one attached hydrogen (secondary N) is 1. The van der Waals surface area contributed by atoms with Crippen LogP contribution in [0.15, 0.2) is 24.3 Å². The van der Waals surface area contributed by atoms with Gasteiger partial charge in [0, 0.05) is 25.3 Å². The lowest BCUT2D eigenvalue weighted by Crippen LogP contribution is -2.17. The number of benzene rings is 1. The predicted molar refractivity (Wildman–Crippen MR) is 78.2 cm³/mol. The van der Waals surface area contributed by atoms with Crippen LogP contribution in [0, 0.1) is 0 Å². The quantitative estimate of drug-likeness (QED) is 0.757. The third-order valence-corrected chi connectivity index (χ3v) is 2.93. The Hall–Kier alpha value is -1.39. The molecule has 1 amide bonds. The van der Waals surface area contributed by atoms with Gasteiger partial charge >= 0.3 is 0 Å². The van der Waals surface area contributed by atoms with E-state index < -0.39 is 0 Å². The van der Waals surface area contributed by atoms with Crippen molar-refractivity contribution >= 4 is 11.6 Å². The Kier molecular flexibility index (Phi) is 7.15. The number of para-hydroxylation sites is 1. The molecule has 1 atom stereocenters. The molecule has 106 valence electrons. The molecule has 0 aliphatic rings. The van der Waals surface area contributed by atoms with Crippen LogP contribution in [-0.2, 0) is 16.0 Å². The number of carbonyl (C=O) groups is 1. The number of hydrogen-bond donors (Lipinski definition) is 2. The summed E-state index contributed by atoms with van der Waals surface area (Å²) in [5.74, 6) is 0.0468. The van der Waals surface area contributed by atoms with E-state index in [2.05, 4.69) is 5.32 Å². The summed E-state index contributed by atoms with van der Waals surface area (Å²) in [5, 5.41) is 2.96. The van der Waals surface area contributed by atoms with Crippen molar-refractivity contribution in [2.45, 2.75) is 38.6 Å². The second-order valence-electron chi connectivity index (χ2n) is 4.82. The average Bonchev–Trinajstić information content (AvgIpc) is 2.37. The monoisotopic (exact) mass is 264 g/mol. The number of nitrogens with two attached hydrogens (primary N) is 1. The minimum atomic E-state index is 0.0468. The normalized spacial score (nSPS) is 12.2. The molecule has 0 saturated carbocycles. The van der Waals surface area contributed by atoms with E-state index in [0.29, 0.717) is 13.0 Å². The van der Waals surface area contributed by atoms with Crippen molar-refractivity contribution in [3.8, 4) is 0 Å². The van der Waals surface area contributed by atoms with Crippen LogP contribution in [0.25, 0.3) is 0 Å². The molecule has 0 bridgehead atoms. The van der Waals surface area contributed by atoms with Crippen molar-refractivity contribution in [1.29, 1.82) is 0 Å². The van der Waals surface area contributed by atoms with Gasteiger partial charge in [-0.2, -0.15) is 0 Å². The molecule has 0 spiro atoms. The van der Waals surface area contributed by atoms with E-state index in [1.54, 1.807) is 7.11 Å². The Bertz CT molecular complexity index is 391. The first-order valence-electron chi connectivity index (χ1n) is 6.75. The number of methoxy groups -OCH3 is 1. The summed E-state index contributed by atoms with van der Waals surface area (Å²) in [7, 11) is 1.68. The zero-order chi connectivity index (χ0) is 14.1. The standard InChI is InChI=1S/C15H24N2O2/c1-12(16)6-5-9-15(18)17-14-8-4-3-7-13(14)10-11-19-2/h3-4,7-8,12H,5-6,9-11,16H2,1-2H3,(H,17,18). The zero-order valence-corrected chi connectivity index (χ0v) is 11.8. The number of amides is 1. The molecule has 3 N–H and O–H groups in total. The molecule has 1 rings (SSSR count). The van der Waals surface area contributed by atoms with Gasteiger partial charge in [-0.1, -0.05) is 18.2 Å². The number of rotatable bonds is 8. The molecule has 1 unspecified atom stereocenters. The van der Waals surface area contributed by atoms with E-state index in [9.17, 15) is 4.79 Å². The molecule has 0 aromatic heterocycles. The fraction of sp³-hybridized carbons (Fsp3) is 0.533. The number of anilines is 1. The Morgan fingerprint density at radius 1 is 1.42 bits per heavy atom. The maximum Gasteiger partial charge on any atom is 0.224 e. The van der Waals surface area contributed by atoms with Gasteiger partial charge in [0.25, 0.3) is 0 Å². The van der Waals surface area contributed by atoms with Crippen molar-refractivity contribution in [2.24, 2.45) is 5.73 Å². The molecule has 0 aliphatic heterocycles. The van der Waals surface area contributed by atoms with Crippen LogP contribution in [0.3, 0.4) is 0 Å². The molecule has 0 heterocycles. The van der Waals surface area contributed by atoms with Crippen molar-refractivity contribution in [2.75, 3.05) is 19.0 Å².